The van der Waals surface area contributed by atoms with Crippen LogP contribution in [0.4, 0.5) is 24.5 Å². The van der Waals surface area contributed by atoms with E-state index in [1.807, 2.05) is 19.1 Å². The summed E-state index contributed by atoms with van der Waals surface area (Å²) < 4.78 is 52.9. The lowest BCUT2D eigenvalue weighted by molar-refractivity contribution is -0.137. The number of hydrogen-bond donors (Lipinski definition) is 2. The van der Waals surface area contributed by atoms with Crippen molar-refractivity contribution in [2.24, 2.45) is 5.92 Å². The molecule has 3 heterocycles. The summed E-state index contributed by atoms with van der Waals surface area (Å²) in [6.45, 7) is 1.59. The predicted molar refractivity (Wildman–Crippen MR) is 162 cm³/mol. The van der Waals surface area contributed by atoms with E-state index < -0.39 is 57.1 Å². The molecule has 1 saturated heterocycles. The molecule has 1 fully saturated rings. The highest BCUT2D eigenvalue weighted by atomic mass is 32.2. The molecule has 6 rings (SSSR count). The summed E-state index contributed by atoms with van der Waals surface area (Å²) in [5.74, 6) is -3.56. The normalized spacial score (nSPS) is 19.2. The van der Waals surface area contributed by atoms with Crippen LogP contribution in [0, 0.1) is 12.8 Å². The first-order chi connectivity index (χ1) is 21.5. The number of benzene rings is 3. The second kappa shape index (κ2) is 11.7. The van der Waals surface area contributed by atoms with Crippen LogP contribution >= 0.6 is 23.1 Å². The minimum Gasteiger partial charge on any atom is -0.493 e. The number of hydrogen-bond acceptors (Lipinski definition) is 8. The van der Waals surface area contributed by atoms with E-state index in [0.717, 1.165) is 40.8 Å². The van der Waals surface area contributed by atoms with E-state index in [4.69, 9.17) is 9.47 Å². The van der Waals surface area contributed by atoms with E-state index in [1.165, 1.54) is 25.3 Å². The minimum atomic E-state index is -4.80. The lowest BCUT2D eigenvalue weighted by Gasteiger charge is -2.30. The molecule has 2 N–H and O–H groups in total. The van der Waals surface area contributed by atoms with Crippen LogP contribution in [-0.2, 0) is 20.6 Å². The number of carbonyl (C=O) groups excluding carboxylic acids is 3. The Balaban J connectivity index is 1.32. The third-order valence-electron chi connectivity index (χ3n) is 7.52. The van der Waals surface area contributed by atoms with Crippen molar-refractivity contribution in [1.82, 2.24) is 4.98 Å². The highest BCUT2D eigenvalue weighted by molar-refractivity contribution is 8.00. The van der Waals surface area contributed by atoms with Crippen LogP contribution in [0.2, 0.25) is 0 Å². The van der Waals surface area contributed by atoms with Crippen molar-refractivity contribution in [3.8, 4) is 11.5 Å². The van der Waals surface area contributed by atoms with Crippen LogP contribution in [0.1, 0.15) is 27.5 Å². The maximum atomic E-state index is 13.9. The van der Waals surface area contributed by atoms with Crippen molar-refractivity contribution < 1.29 is 37.0 Å². The number of thioether (sulfide) groups is 1. The molecule has 45 heavy (non-hydrogen) atoms. The highest BCUT2D eigenvalue weighted by Crippen LogP contribution is 2.54. The topological polar surface area (TPSA) is 118 Å². The number of carbonyl (C=O) groups is 3. The molecule has 4 aromatic rings. The molecule has 3 atom stereocenters. The van der Waals surface area contributed by atoms with Gasteiger partial charge in [0, 0.05) is 16.5 Å². The first kappa shape index (κ1) is 30.5. The first-order valence-corrected chi connectivity index (χ1v) is 15.3. The summed E-state index contributed by atoms with van der Waals surface area (Å²) in [4.78, 5) is 55.8. The Bertz CT molecular complexity index is 1870. The highest BCUT2D eigenvalue weighted by Gasteiger charge is 2.57. The van der Waals surface area contributed by atoms with E-state index >= 15 is 0 Å². The van der Waals surface area contributed by atoms with Gasteiger partial charge in [-0.15, -0.1) is 0 Å². The van der Waals surface area contributed by atoms with Gasteiger partial charge < -0.3 is 19.8 Å². The van der Waals surface area contributed by atoms with Gasteiger partial charge in [-0.2, -0.15) is 13.2 Å². The van der Waals surface area contributed by atoms with Gasteiger partial charge in [-0.3, -0.25) is 19.2 Å². The molecular formula is C31H24F3N3O6S2. The van der Waals surface area contributed by atoms with E-state index in [2.05, 4.69) is 10.3 Å². The molecule has 9 nitrogen and oxygen atoms in total. The van der Waals surface area contributed by atoms with Crippen LogP contribution in [0.5, 0.6) is 11.5 Å². The van der Waals surface area contributed by atoms with E-state index in [1.54, 1.807) is 24.3 Å². The average molecular weight is 656 g/mol. The van der Waals surface area contributed by atoms with Crippen molar-refractivity contribution in [3.63, 3.8) is 0 Å². The zero-order chi connectivity index (χ0) is 32.0. The number of aromatic nitrogens is 1. The number of thiazole rings is 1. The number of amides is 3. The zero-order valence-corrected chi connectivity index (χ0v) is 25.3. The van der Waals surface area contributed by atoms with Crippen LogP contribution < -0.4 is 24.6 Å². The fraction of sp³-hybridized carbons (Fsp3) is 0.226. The summed E-state index contributed by atoms with van der Waals surface area (Å²) in [7, 11) is 1.39. The van der Waals surface area contributed by atoms with Gasteiger partial charge in [0.1, 0.15) is 5.25 Å². The van der Waals surface area contributed by atoms with Crippen molar-refractivity contribution in [1.29, 1.82) is 0 Å². The van der Waals surface area contributed by atoms with Gasteiger partial charge >= 0.3 is 11.0 Å². The summed E-state index contributed by atoms with van der Waals surface area (Å²) in [5.41, 5.74) is 0.464. The quantitative estimate of drug-likeness (QED) is 0.250. The maximum Gasteiger partial charge on any atom is 0.418 e. The lowest BCUT2D eigenvalue weighted by Crippen LogP contribution is -2.33. The molecule has 232 valence electrons. The number of imide groups is 1. The van der Waals surface area contributed by atoms with Gasteiger partial charge in [0.25, 0.3) is 5.91 Å². The Morgan fingerprint density at radius 2 is 1.73 bits per heavy atom. The molecule has 0 saturated carbocycles. The number of nitrogens with zero attached hydrogens (tertiary/aromatic N) is 1. The predicted octanol–water partition coefficient (Wildman–Crippen LogP) is 5.59. The number of para-hydroxylation sites is 1. The number of aryl methyl sites for hydroxylation is 1. The maximum absolute atomic E-state index is 13.9. The number of aromatic amines is 1. The number of anilines is 2. The molecule has 0 spiro atoms. The number of methoxy groups -OCH3 is 1. The summed E-state index contributed by atoms with van der Waals surface area (Å²) >= 11 is 1.82. The second-order valence-corrected chi connectivity index (χ2v) is 12.6. The number of H-pyrrole nitrogens is 1. The smallest absolute Gasteiger partial charge is 0.418 e. The van der Waals surface area contributed by atoms with Crippen molar-refractivity contribution >= 4 is 52.2 Å². The second-order valence-electron chi connectivity index (χ2n) is 10.4. The number of nitrogens with one attached hydrogen (secondary N) is 2. The number of ether oxygens (including phenoxy) is 2. The van der Waals surface area contributed by atoms with Crippen molar-refractivity contribution in [2.45, 2.75) is 29.3 Å². The van der Waals surface area contributed by atoms with Gasteiger partial charge in [-0.1, -0.05) is 59.0 Å². The Labute approximate surface area is 262 Å². The zero-order valence-electron chi connectivity index (χ0n) is 23.6. The fourth-order valence-electron chi connectivity index (χ4n) is 5.50. The minimum absolute atomic E-state index is 0.214. The molecule has 0 radical (unpaired) electrons. The third kappa shape index (κ3) is 5.71. The van der Waals surface area contributed by atoms with E-state index in [0.29, 0.717) is 26.1 Å². The molecule has 2 aliphatic rings. The van der Waals surface area contributed by atoms with Gasteiger partial charge in [-0.05, 0) is 48.9 Å². The number of rotatable bonds is 7. The Hall–Kier alpha value is -4.56. The first-order valence-electron chi connectivity index (χ1n) is 13.6. The molecule has 14 heteroatoms. The van der Waals surface area contributed by atoms with Gasteiger partial charge in [0.2, 0.25) is 11.8 Å². The Morgan fingerprint density at radius 1 is 1.00 bits per heavy atom. The summed E-state index contributed by atoms with van der Waals surface area (Å²) in [6, 6.07) is 16.4. The molecule has 0 aliphatic carbocycles. The fourth-order valence-corrected chi connectivity index (χ4v) is 8.01. The lowest BCUT2D eigenvalue weighted by atomic mass is 9.83. The summed E-state index contributed by atoms with van der Waals surface area (Å²) in [5, 5.41) is 2.02. The van der Waals surface area contributed by atoms with Gasteiger partial charge in [0.15, 0.2) is 18.1 Å². The van der Waals surface area contributed by atoms with E-state index in [-0.39, 0.29) is 18.1 Å². The molecule has 3 amide bonds. The third-order valence-corrected chi connectivity index (χ3v) is 9.92. The van der Waals surface area contributed by atoms with Gasteiger partial charge in [0.05, 0.1) is 29.3 Å². The number of fused-ring (bicyclic) bond motifs is 2. The Morgan fingerprint density at radius 3 is 2.44 bits per heavy atom. The molecular weight excluding hydrogens is 631 g/mol. The number of alkyl halides is 3. The molecule has 2 aliphatic heterocycles. The standard InChI is InChI=1S/C31H24F3N3O6S2/c1-15-7-10-17(11-8-15)35-22(38)14-43-20-12-9-16(13-21(20)42-2)23-24-26(44-27-25(23)45-30(41)36-27)29(40)37(28(24)39)19-6-4-3-5-18(19)31(32,33)34/h3-13,23-24,26H,14H2,1-2H3,(H,35,38)(H,36,41). The van der Waals surface area contributed by atoms with Crippen LogP contribution in [0.15, 0.2) is 76.6 Å². The summed E-state index contributed by atoms with van der Waals surface area (Å²) in [6.07, 6.45) is -4.80. The van der Waals surface area contributed by atoms with Crippen molar-refractivity contribution in [3.05, 3.63) is 98.0 Å². The van der Waals surface area contributed by atoms with Crippen LogP contribution in [0.3, 0.4) is 0 Å². The molecule has 3 aromatic carbocycles. The van der Waals surface area contributed by atoms with Crippen molar-refractivity contribution in [2.75, 3.05) is 23.9 Å². The number of halogens is 3. The van der Waals surface area contributed by atoms with Gasteiger partial charge in [-0.25, -0.2) is 4.90 Å². The molecule has 3 unspecified atom stereocenters. The van der Waals surface area contributed by atoms with Crippen LogP contribution in [-0.4, -0.2) is 41.7 Å². The molecule has 0 bridgehead atoms. The molecule has 1 aromatic heterocycles. The average Bonchev–Trinajstić information content (AvgIpc) is 3.50. The Kier molecular flexibility index (Phi) is 7.95. The monoisotopic (exact) mass is 655 g/mol. The largest absolute Gasteiger partial charge is 0.493 e. The van der Waals surface area contributed by atoms with E-state index in [9.17, 15) is 32.3 Å². The SMILES string of the molecule is COc1cc(C2c3sc(=O)[nH]c3SC3C(=O)N(c4ccccc4C(F)(F)F)C(=O)C32)ccc1OCC(=O)Nc1ccc(C)cc1. The van der Waals surface area contributed by atoms with Crippen LogP contribution in [0.25, 0.3) is 0 Å².